The van der Waals surface area contributed by atoms with Crippen LogP contribution in [0.15, 0.2) is 18.2 Å². The molecule has 0 fully saturated rings. The molecule has 5 nitrogen and oxygen atoms in total. The molecule has 3 N–H and O–H groups in total. The van der Waals surface area contributed by atoms with Gasteiger partial charge in [0.15, 0.2) is 0 Å². The van der Waals surface area contributed by atoms with Gasteiger partial charge in [-0.05, 0) is 18.9 Å². The summed E-state index contributed by atoms with van der Waals surface area (Å²) in [6, 6.07) is 4.09. The van der Waals surface area contributed by atoms with E-state index in [0.29, 0.717) is 24.2 Å². The van der Waals surface area contributed by atoms with Crippen LogP contribution in [-0.4, -0.2) is 27.0 Å². The zero-order valence-electron chi connectivity index (χ0n) is 11.7. The second kappa shape index (κ2) is 7.56. The van der Waals surface area contributed by atoms with Crippen molar-refractivity contribution in [3.63, 3.8) is 0 Å². The first-order valence-corrected chi connectivity index (χ1v) is 8.25. The fraction of sp³-hybridized carbons (Fsp3) is 0.538. The standard InChI is InChI=1S/C13H21FN2O3S/c1-3-20(17,18)8-4-5-13(16-15)11-7-6-10(19-2)9-12(11)14/h6-7,9,13,16H,3-5,8,15H2,1-2H3. The van der Waals surface area contributed by atoms with Gasteiger partial charge in [-0.1, -0.05) is 13.0 Å². The monoisotopic (exact) mass is 304 g/mol. The summed E-state index contributed by atoms with van der Waals surface area (Å²) in [7, 11) is -1.55. The third-order valence-electron chi connectivity index (χ3n) is 3.17. The molecule has 1 rings (SSSR count). The molecular formula is C13H21FN2O3S. The Kier molecular flexibility index (Phi) is 6.38. The summed E-state index contributed by atoms with van der Waals surface area (Å²) in [4.78, 5) is 0. The van der Waals surface area contributed by atoms with Crippen molar-refractivity contribution in [2.75, 3.05) is 18.6 Å². The SMILES string of the molecule is CCS(=O)(=O)CCCC(NN)c1ccc(OC)cc1F. The third kappa shape index (κ3) is 4.73. The summed E-state index contributed by atoms with van der Waals surface area (Å²) in [5, 5.41) is 0. The van der Waals surface area contributed by atoms with Crippen molar-refractivity contribution < 1.29 is 17.5 Å². The molecule has 0 amide bonds. The minimum absolute atomic E-state index is 0.0828. The number of hydrogen-bond acceptors (Lipinski definition) is 5. The highest BCUT2D eigenvalue weighted by Crippen LogP contribution is 2.24. The Bertz CT molecular complexity index is 534. The molecule has 20 heavy (non-hydrogen) atoms. The van der Waals surface area contributed by atoms with Gasteiger partial charge in [0.1, 0.15) is 21.4 Å². The van der Waals surface area contributed by atoms with Gasteiger partial charge < -0.3 is 4.74 Å². The molecular weight excluding hydrogens is 283 g/mol. The molecule has 0 bridgehead atoms. The minimum atomic E-state index is -3.01. The van der Waals surface area contributed by atoms with Crippen LogP contribution in [0.2, 0.25) is 0 Å². The molecule has 0 aliphatic carbocycles. The van der Waals surface area contributed by atoms with Gasteiger partial charge in [0.05, 0.1) is 12.9 Å². The Morgan fingerprint density at radius 2 is 2.15 bits per heavy atom. The van der Waals surface area contributed by atoms with Crippen LogP contribution in [0, 0.1) is 5.82 Å². The van der Waals surface area contributed by atoms with E-state index in [1.54, 1.807) is 19.1 Å². The maximum Gasteiger partial charge on any atom is 0.150 e. The molecule has 0 spiro atoms. The van der Waals surface area contributed by atoms with Crippen molar-refractivity contribution in [1.82, 2.24) is 5.43 Å². The van der Waals surface area contributed by atoms with E-state index in [1.165, 1.54) is 13.2 Å². The molecule has 1 aromatic rings. The first kappa shape index (κ1) is 16.9. The fourth-order valence-electron chi connectivity index (χ4n) is 1.90. The molecule has 0 saturated heterocycles. The largest absolute Gasteiger partial charge is 0.497 e. The van der Waals surface area contributed by atoms with Gasteiger partial charge in [-0.25, -0.2) is 12.8 Å². The van der Waals surface area contributed by atoms with Crippen molar-refractivity contribution in [2.45, 2.75) is 25.8 Å². The van der Waals surface area contributed by atoms with Crippen LogP contribution >= 0.6 is 0 Å². The second-order valence-electron chi connectivity index (χ2n) is 4.49. The number of benzene rings is 1. The van der Waals surface area contributed by atoms with E-state index in [2.05, 4.69) is 5.43 Å². The lowest BCUT2D eigenvalue weighted by molar-refractivity contribution is 0.408. The number of ether oxygens (including phenoxy) is 1. The number of sulfone groups is 1. The predicted molar refractivity (Wildman–Crippen MR) is 76.6 cm³/mol. The van der Waals surface area contributed by atoms with Crippen LogP contribution in [-0.2, 0) is 9.84 Å². The van der Waals surface area contributed by atoms with Gasteiger partial charge in [0.2, 0.25) is 0 Å². The Labute approximate surface area is 119 Å². The van der Waals surface area contributed by atoms with Crippen LogP contribution in [0.3, 0.4) is 0 Å². The molecule has 1 atom stereocenters. The summed E-state index contributed by atoms with van der Waals surface area (Å²) >= 11 is 0. The molecule has 0 aromatic heterocycles. The first-order valence-electron chi connectivity index (χ1n) is 6.43. The molecule has 0 aliphatic rings. The van der Waals surface area contributed by atoms with Crippen molar-refractivity contribution in [2.24, 2.45) is 5.84 Å². The average molecular weight is 304 g/mol. The van der Waals surface area contributed by atoms with Crippen molar-refractivity contribution in [3.8, 4) is 5.75 Å². The zero-order chi connectivity index (χ0) is 15.2. The molecule has 0 radical (unpaired) electrons. The highest BCUT2D eigenvalue weighted by atomic mass is 32.2. The fourth-order valence-corrected chi connectivity index (χ4v) is 2.79. The topological polar surface area (TPSA) is 81.4 Å². The van der Waals surface area contributed by atoms with Crippen molar-refractivity contribution in [3.05, 3.63) is 29.6 Å². The zero-order valence-corrected chi connectivity index (χ0v) is 12.5. The Morgan fingerprint density at radius 1 is 1.45 bits per heavy atom. The number of rotatable bonds is 8. The Balaban J connectivity index is 2.71. The maximum atomic E-state index is 13.9. The normalized spacial score (nSPS) is 13.2. The van der Waals surface area contributed by atoms with Crippen LogP contribution in [0.25, 0.3) is 0 Å². The number of hydrazine groups is 1. The van der Waals surface area contributed by atoms with Gasteiger partial charge in [0, 0.05) is 23.4 Å². The molecule has 7 heteroatoms. The smallest absolute Gasteiger partial charge is 0.150 e. The summed E-state index contributed by atoms with van der Waals surface area (Å²) in [6.07, 6.45) is 0.871. The Morgan fingerprint density at radius 3 is 2.65 bits per heavy atom. The number of nitrogens with two attached hydrogens (primary N) is 1. The maximum absolute atomic E-state index is 13.9. The van der Waals surface area contributed by atoms with Gasteiger partial charge in [-0.3, -0.25) is 11.3 Å². The lowest BCUT2D eigenvalue weighted by Gasteiger charge is -2.17. The molecule has 0 heterocycles. The molecule has 0 aliphatic heterocycles. The molecule has 0 saturated carbocycles. The molecule has 114 valence electrons. The van der Waals surface area contributed by atoms with Crippen LogP contribution in [0.4, 0.5) is 4.39 Å². The average Bonchev–Trinajstić information content (AvgIpc) is 2.44. The van der Waals surface area contributed by atoms with E-state index < -0.39 is 21.7 Å². The molecule has 1 aromatic carbocycles. The van der Waals surface area contributed by atoms with Crippen LogP contribution in [0.5, 0.6) is 5.75 Å². The third-order valence-corrected chi connectivity index (χ3v) is 4.96. The highest BCUT2D eigenvalue weighted by Gasteiger charge is 2.16. The quantitative estimate of drug-likeness (QED) is 0.562. The minimum Gasteiger partial charge on any atom is -0.497 e. The van der Waals surface area contributed by atoms with Gasteiger partial charge in [-0.15, -0.1) is 0 Å². The number of methoxy groups -OCH3 is 1. The lowest BCUT2D eigenvalue weighted by atomic mass is 10.0. The van der Waals surface area contributed by atoms with E-state index in [4.69, 9.17) is 10.6 Å². The summed E-state index contributed by atoms with van der Waals surface area (Å²) in [5.74, 6) is 5.63. The van der Waals surface area contributed by atoms with E-state index in [-0.39, 0.29) is 11.5 Å². The van der Waals surface area contributed by atoms with Gasteiger partial charge >= 0.3 is 0 Å². The number of hydrogen-bond donors (Lipinski definition) is 2. The second-order valence-corrected chi connectivity index (χ2v) is 6.96. The number of nitrogens with one attached hydrogen (secondary N) is 1. The van der Waals surface area contributed by atoms with Crippen LogP contribution in [0.1, 0.15) is 31.4 Å². The van der Waals surface area contributed by atoms with E-state index in [0.717, 1.165) is 0 Å². The predicted octanol–water partition coefficient (Wildman–Crippen LogP) is 1.55. The Hall–Kier alpha value is -1.18. The van der Waals surface area contributed by atoms with Crippen molar-refractivity contribution >= 4 is 9.84 Å². The van der Waals surface area contributed by atoms with E-state index in [9.17, 15) is 12.8 Å². The molecule has 1 unspecified atom stereocenters. The van der Waals surface area contributed by atoms with Crippen molar-refractivity contribution in [1.29, 1.82) is 0 Å². The lowest BCUT2D eigenvalue weighted by Crippen LogP contribution is -2.29. The summed E-state index contributed by atoms with van der Waals surface area (Å²) in [6.45, 7) is 1.61. The first-order chi connectivity index (χ1) is 9.43. The summed E-state index contributed by atoms with van der Waals surface area (Å²) < 4.78 is 41.7. The highest BCUT2D eigenvalue weighted by molar-refractivity contribution is 7.91. The van der Waals surface area contributed by atoms with E-state index in [1.807, 2.05) is 0 Å². The van der Waals surface area contributed by atoms with Gasteiger partial charge in [-0.2, -0.15) is 0 Å². The van der Waals surface area contributed by atoms with Crippen LogP contribution < -0.4 is 16.0 Å². The number of halogens is 1. The van der Waals surface area contributed by atoms with Gasteiger partial charge in [0.25, 0.3) is 0 Å². The van der Waals surface area contributed by atoms with E-state index >= 15 is 0 Å². The summed E-state index contributed by atoms with van der Waals surface area (Å²) in [5.41, 5.74) is 2.93.